The van der Waals surface area contributed by atoms with Crippen molar-refractivity contribution < 1.29 is 0 Å². The Labute approximate surface area is 196 Å². The molecule has 0 bridgehead atoms. The van der Waals surface area contributed by atoms with E-state index in [4.69, 9.17) is 0 Å². The minimum absolute atomic E-state index is 0.387. The van der Waals surface area contributed by atoms with Gasteiger partial charge in [-0.1, -0.05) is 62.3 Å². The zero-order valence-corrected chi connectivity index (χ0v) is 23.5. The minimum atomic E-state index is 0.387. The lowest BCUT2D eigenvalue weighted by molar-refractivity contribution is -0.150. The molecule has 182 valence electrons. The van der Waals surface area contributed by atoms with Crippen LogP contribution in [-0.4, -0.2) is 23.5 Å². The maximum absolute atomic E-state index is 2.63. The number of rotatable bonds is 0. The maximum Gasteiger partial charge on any atom is 0.0125 e. The molecule has 1 saturated heterocycles. The molecule has 0 aromatic heterocycles. The van der Waals surface area contributed by atoms with Gasteiger partial charge in [-0.25, -0.2) is 0 Å². The van der Waals surface area contributed by atoms with E-state index in [1.54, 1.807) is 0 Å². The van der Waals surface area contributed by atoms with Gasteiger partial charge in [-0.2, -0.15) is 0 Å². The minimum Gasteiger partial charge on any atom is -0.297 e. The monoisotopic (exact) mass is 431 g/mol. The second-order valence-corrected chi connectivity index (χ2v) is 16.8. The molecule has 31 heavy (non-hydrogen) atoms. The lowest BCUT2D eigenvalue weighted by atomic mass is 9.51. The third kappa shape index (κ3) is 5.55. The Morgan fingerprint density at radius 1 is 0.516 bits per heavy atom. The van der Waals surface area contributed by atoms with E-state index >= 15 is 0 Å². The zero-order chi connectivity index (χ0) is 23.7. The third-order valence-electron chi connectivity index (χ3n) is 10.1. The van der Waals surface area contributed by atoms with Crippen molar-refractivity contribution in [1.82, 2.24) is 4.90 Å². The van der Waals surface area contributed by atoms with E-state index in [1.165, 1.54) is 58.0 Å². The van der Waals surface area contributed by atoms with E-state index < -0.39 is 0 Å². The predicted molar refractivity (Wildman–Crippen MR) is 137 cm³/mol. The van der Waals surface area contributed by atoms with Crippen LogP contribution in [0.1, 0.15) is 128 Å². The first-order valence-electron chi connectivity index (χ1n) is 13.5. The van der Waals surface area contributed by atoms with Gasteiger partial charge in [-0.3, -0.25) is 4.90 Å². The van der Waals surface area contributed by atoms with Crippen molar-refractivity contribution in [3.8, 4) is 0 Å². The van der Waals surface area contributed by atoms with Crippen LogP contribution >= 0.6 is 0 Å². The molecule has 4 aliphatic rings. The molecule has 1 atom stereocenters. The van der Waals surface area contributed by atoms with E-state index in [9.17, 15) is 0 Å². The molecule has 1 unspecified atom stereocenters. The molecule has 0 N–H and O–H groups in total. The van der Waals surface area contributed by atoms with Crippen LogP contribution < -0.4 is 0 Å². The fourth-order valence-corrected chi connectivity index (χ4v) is 7.01. The number of hydrogen-bond donors (Lipinski definition) is 0. The summed E-state index contributed by atoms with van der Waals surface area (Å²) in [4.78, 5) is 2.63. The highest BCUT2D eigenvalue weighted by Crippen LogP contribution is 2.64. The van der Waals surface area contributed by atoms with E-state index in [0.717, 1.165) is 28.6 Å². The Kier molecular flexibility index (Phi) is 6.39. The van der Waals surface area contributed by atoms with Crippen LogP contribution in [0.2, 0.25) is 0 Å². The van der Waals surface area contributed by atoms with Gasteiger partial charge in [0, 0.05) is 18.6 Å². The van der Waals surface area contributed by atoms with Gasteiger partial charge in [0.05, 0.1) is 0 Å². The summed E-state index contributed by atoms with van der Waals surface area (Å²) in [7, 11) is 0. The van der Waals surface area contributed by atoms with Gasteiger partial charge >= 0.3 is 0 Å². The van der Waals surface area contributed by atoms with Gasteiger partial charge in [0.15, 0.2) is 0 Å². The Morgan fingerprint density at radius 2 is 0.871 bits per heavy atom. The largest absolute Gasteiger partial charge is 0.297 e. The molecule has 0 aromatic rings. The number of likely N-dealkylation sites (tertiary alicyclic amines) is 1. The van der Waals surface area contributed by atoms with Gasteiger partial charge in [-0.15, -0.1) is 0 Å². The van der Waals surface area contributed by atoms with Gasteiger partial charge < -0.3 is 0 Å². The SMILES string of the molecule is CC(C)(C)C1CC2(C1)CN(C(C)(C)C)C2.CC(C)(C)C1CCC2(C1)CC(C(C)(C)C)C2. The lowest BCUT2D eigenvalue weighted by Crippen LogP contribution is -2.67. The molecule has 4 rings (SSSR count). The molecule has 1 nitrogen and oxygen atoms in total. The summed E-state index contributed by atoms with van der Waals surface area (Å²) in [6.45, 7) is 31.4. The summed E-state index contributed by atoms with van der Waals surface area (Å²) >= 11 is 0. The summed E-state index contributed by atoms with van der Waals surface area (Å²) in [5.74, 6) is 2.94. The van der Waals surface area contributed by atoms with E-state index in [1.807, 2.05) is 0 Å². The number of hydrogen-bond acceptors (Lipinski definition) is 1. The normalized spacial score (nSPS) is 29.2. The second-order valence-electron chi connectivity index (χ2n) is 16.8. The molecule has 1 heteroatoms. The van der Waals surface area contributed by atoms with Gasteiger partial charge in [0.1, 0.15) is 0 Å². The first-order chi connectivity index (χ1) is 13.7. The number of nitrogens with zero attached hydrogens (tertiary/aromatic N) is 1. The van der Waals surface area contributed by atoms with Crippen LogP contribution in [0.4, 0.5) is 0 Å². The van der Waals surface area contributed by atoms with Crippen LogP contribution in [0, 0.1) is 44.8 Å². The smallest absolute Gasteiger partial charge is 0.0125 e. The highest BCUT2D eigenvalue weighted by atomic mass is 15.3. The van der Waals surface area contributed by atoms with Crippen molar-refractivity contribution in [2.45, 2.75) is 134 Å². The van der Waals surface area contributed by atoms with Crippen molar-refractivity contribution in [3.63, 3.8) is 0 Å². The molecule has 3 saturated carbocycles. The van der Waals surface area contributed by atoms with Crippen LogP contribution in [0.25, 0.3) is 0 Å². The Balaban J connectivity index is 0.000000176. The highest BCUT2D eigenvalue weighted by molar-refractivity contribution is 5.08. The van der Waals surface area contributed by atoms with Gasteiger partial charge in [0.25, 0.3) is 0 Å². The van der Waals surface area contributed by atoms with E-state index in [2.05, 4.69) is 88.0 Å². The maximum atomic E-state index is 2.63. The third-order valence-corrected chi connectivity index (χ3v) is 10.1. The summed E-state index contributed by atoms with van der Waals surface area (Å²) < 4.78 is 0. The van der Waals surface area contributed by atoms with Crippen LogP contribution in [0.5, 0.6) is 0 Å². The fraction of sp³-hybridized carbons (Fsp3) is 1.00. The summed E-state index contributed by atoms with van der Waals surface area (Å²) in [5.41, 5.74) is 3.51. The average molecular weight is 432 g/mol. The molecule has 3 aliphatic carbocycles. The molecule has 0 aromatic carbocycles. The molecule has 0 amide bonds. The van der Waals surface area contributed by atoms with Crippen molar-refractivity contribution in [2.24, 2.45) is 44.8 Å². The molecule has 4 fully saturated rings. The summed E-state index contributed by atoms with van der Waals surface area (Å²) in [6.07, 6.45) is 10.5. The van der Waals surface area contributed by atoms with Gasteiger partial charge in [-0.05, 0) is 111 Å². The van der Waals surface area contributed by atoms with Crippen molar-refractivity contribution >= 4 is 0 Å². The Bertz CT molecular complexity index is 580. The van der Waals surface area contributed by atoms with Crippen LogP contribution in [0.15, 0.2) is 0 Å². The molecular weight excluding hydrogens is 374 g/mol. The van der Waals surface area contributed by atoms with Crippen LogP contribution in [0.3, 0.4) is 0 Å². The Morgan fingerprint density at radius 3 is 1.19 bits per heavy atom. The van der Waals surface area contributed by atoms with Crippen molar-refractivity contribution in [2.75, 3.05) is 13.1 Å². The first kappa shape index (κ1) is 25.6. The highest BCUT2D eigenvalue weighted by Gasteiger charge is 2.56. The van der Waals surface area contributed by atoms with Crippen molar-refractivity contribution in [3.05, 3.63) is 0 Å². The summed E-state index contributed by atoms with van der Waals surface area (Å²) in [5, 5.41) is 0. The zero-order valence-electron chi connectivity index (χ0n) is 23.5. The summed E-state index contributed by atoms with van der Waals surface area (Å²) in [6, 6.07) is 0. The molecular formula is C30H57N. The predicted octanol–water partition coefficient (Wildman–Crippen LogP) is 8.82. The van der Waals surface area contributed by atoms with E-state index in [-0.39, 0.29) is 0 Å². The molecule has 2 spiro atoms. The molecule has 1 aliphatic heterocycles. The lowest BCUT2D eigenvalue weighted by Gasteiger charge is -2.65. The standard InChI is InChI=1S/C16H30.C14H27N/c1-14(2,3)12-7-8-16(9-12)10-13(11-16)15(4,5)6;1-12(2,3)11-7-14(8-11)9-15(10-14)13(4,5)6/h12-13H,7-11H2,1-6H3;11H,7-10H2,1-6H3. The van der Waals surface area contributed by atoms with Crippen LogP contribution in [-0.2, 0) is 0 Å². The molecule has 0 radical (unpaired) electrons. The topological polar surface area (TPSA) is 3.24 Å². The Hall–Kier alpha value is -0.0400. The second kappa shape index (κ2) is 7.74. The van der Waals surface area contributed by atoms with Gasteiger partial charge in [0.2, 0.25) is 0 Å². The van der Waals surface area contributed by atoms with E-state index in [0.29, 0.717) is 21.8 Å². The molecule has 1 heterocycles. The quantitative estimate of drug-likeness (QED) is 0.370. The first-order valence-corrected chi connectivity index (χ1v) is 13.5. The average Bonchev–Trinajstić information content (AvgIpc) is 2.84. The van der Waals surface area contributed by atoms with Crippen molar-refractivity contribution in [1.29, 1.82) is 0 Å². The fourth-order valence-electron chi connectivity index (χ4n) is 7.01.